The number of aryl methyl sites for hydroxylation is 2. The van der Waals surface area contributed by atoms with Gasteiger partial charge in [-0.1, -0.05) is 6.92 Å². The summed E-state index contributed by atoms with van der Waals surface area (Å²) in [6, 6.07) is 2.02. The fraction of sp³-hybridized carbons (Fsp3) is 0.714. The molecule has 106 valence electrons. The van der Waals surface area contributed by atoms with E-state index in [4.69, 9.17) is 10.5 Å². The first-order chi connectivity index (χ1) is 9.11. The van der Waals surface area contributed by atoms with Crippen LogP contribution in [0.2, 0.25) is 0 Å². The van der Waals surface area contributed by atoms with E-state index >= 15 is 0 Å². The number of nitrogens with zero attached hydrogens (tertiary/aromatic N) is 2. The lowest BCUT2D eigenvalue weighted by molar-refractivity contribution is -0.133. The van der Waals surface area contributed by atoms with Gasteiger partial charge in [-0.2, -0.15) is 5.10 Å². The van der Waals surface area contributed by atoms with E-state index in [2.05, 4.69) is 12.0 Å². The molecule has 1 aromatic rings. The molecule has 2 heterocycles. The van der Waals surface area contributed by atoms with Crippen molar-refractivity contribution in [3.05, 3.63) is 17.5 Å². The maximum absolute atomic E-state index is 12.6. The van der Waals surface area contributed by atoms with E-state index in [-0.39, 0.29) is 5.78 Å². The molecule has 0 amide bonds. The van der Waals surface area contributed by atoms with Gasteiger partial charge in [0.25, 0.3) is 0 Å². The van der Waals surface area contributed by atoms with E-state index in [1.165, 1.54) is 0 Å². The van der Waals surface area contributed by atoms with Crippen LogP contribution >= 0.6 is 0 Å². The first-order valence-electron chi connectivity index (χ1n) is 6.94. The molecule has 2 rings (SSSR count). The molecule has 5 nitrogen and oxygen atoms in total. The zero-order valence-corrected chi connectivity index (χ0v) is 11.8. The average Bonchev–Trinajstić information content (AvgIpc) is 2.80. The normalized spacial score (nSPS) is 18.5. The van der Waals surface area contributed by atoms with Crippen LogP contribution in [0, 0.1) is 5.41 Å². The van der Waals surface area contributed by atoms with Crippen LogP contribution in [0.25, 0.3) is 0 Å². The third kappa shape index (κ3) is 2.87. The minimum atomic E-state index is -0.394. The van der Waals surface area contributed by atoms with Crippen molar-refractivity contribution in [2.75, 3.05) is 19.8 Å². The lowest BCUT2D eigenvalue weighted by atomic mass is 9.75. The highest BCUT2D eigenvalue weighted by Crippen LogP contribution is 2.31. The van der Waals surface area contributed by atoms with Gasteiger partial charge in [-0.25, -0.2) is 0 Å². The van der Waals surface area contributed by atoms with E-state index < -0.39 is 5.41 Å². The molecule has 19 heavy (non-hydrogen) atoms. The molecule has 0 aliphatic carbocycles. The summed E-state index contributed by atoms with van der Waals surface area (Å²) < 4.78 is 7.15. The van der Waals surface area contributed by atoms with Crippen LogP contribution < -0.4 is 5.73 Å². The Bertz CT molecular complexity index is 448. The van der Waals surface area contributed by atoms with Crippen molar-refractivity contribution in [3.63, 3.8) is 0 Å². The Labute approximate surface area is 114 Å². The second-order valence-corrected chi connectivity index (χ2v) is 5.30. The molecule has 1 aliphatic rings. The number of hydrogen-bond acceptors (Lipinski definition) is 4. The predicted molar refractivity (Wildman–Crippen MR) is 72.8 cm³/mol. The van der Waals surface area contributed by atoms with E-state index in [1.807, 2.05) is 13.1 Å². The van der Waals surface area contributed by atoms with Crippen molar-refractivity contribution in [2.45, 2.75) is 32.6 Å². The summed E-state index contributed by atoms with van der Waals surface area (Å²) in [5.41, 5.74) is 7.47. The van der Waals surface area contributed by atoms with Crippen molar-refractivity contribution in [2.24, 2.45) is 18.2 Å². The molecule has 0 saturated carbocycles. The summed E-state index contributed by atoms with van der Waals surface area (Å²) in [6.45, 7) is 3.74. The van der Waals surface area contributed by atoms with Crippen LogP contribution in [0.1, 0.15) is 31.2 Å². The van der Waals surface area contributed by atoms with Gasteiger partial charge < -0.3 is 10.5 Å². The zero-order valence-electron chi connectivity index (χ0n) is 11.8. The lowest BCUT2D eigenvalue weighted by Crippen LogP contribution is -2.44. The Morgan fingerprint density at radius 3 is 2.74 bits per heavy atom. The standard InChI is InChI=1S/C14H23N3O2/c1-3-11-8-12(17(2)16-11)9-13(18)14(10-15)4-6-19-7-5-14/h8H,3-7,9-10,15H2,1-2H3. The first kappa shape index (κ1) is 14.2. The largest absolute Gasteiger partial charge is 0.381 e. The van der Waals surface area contributed by atoms with Gasteiger partial charge in [0.05, 0.1) is 5.69 Å². The van der Waals surface area contributed by atoms with Gasteiger partial charge in [-0.15, -0.1) is 0 Å². The number of ketones is 1. The minimum Gasteiger partial charge on any atom is -0.381 e. The van der Waals surface area contributed by atoms with E-state index in [1.54, 1.807) is 4.68 Å². The summed E-state index contributed by atoms with van der Waals surface area (Å²) in [6.07, 6.45) is 2.78. The second-order valence-electron chi connectivity index (χ2n) is 5.30. The molecule has 1 saturated heterocycles. The molecule has 0 atom stereocenters. The number of hydrogen-bond donors (Lipinski definition) is 1. The molecule has 1 aromatic heterocycles. The van der Waals surface area contributed by atoms with Gasteiger partial charge in [0.15, 0.2) is 0 Å². The number of carbonyl (C=O) groups excluding carboxylic acids is 1. The van der Waals surface area contributed by atoms with Crippen molar-refractivity contribution >= 4 is 5.78 Å². The SMILES string of the molecule is CCc1cc(CC(=O)C2(CN)CCOCC2)n(C)n1. The van der Waals surface area contributed by atoms with Gasteiger partial charge in [0.1, 0.15) is 5.78 Å². The van der Waals surface area contributed by atoms with Gasteiger partial charge in [-0.3, -0.25) is 9.48 Å². The zero-order chi connectivity index (χ0) is 13.9. The Hall–Kier alpha value is -1.20. The third-order valence-electron chi connectivity index (χ3n) is 4.16. The summed E-state index contributed by atoms with van der Waals surface area (Å²) in [4.78, 5) is 12.6. The van der Waals surface area contributed by atoms with E-state index in [9.17, 15) is 4.79 Å². The molecule has 0 radical (unpaired) electrons. The highest BCUT2D eigenvalue weighted by molar-refractivity contribution is 5.87. The molecular formula is C14H23N3O2. The van der Waals surface area contributed by atoms with Crippen LogP contribution in [0.15, 0.2) is 6.07 Å². The summed E-state index contributed by atoms with van der Waals surface area (Å²) in [5, 5.41) is 4.38. The Morgan fingerprint density at radius 1 is 1.53 bits per heavy atom. The number of rotatable bonds is 5. The quantitative estimate of drug-likeness (QED) is 0.857. The van der Waals surface area contributed by atoms with Gasteiger partial charge in [-0.05, 0) is 25.3 Å². The van der Waals surface area contributed by atoms with Crippen molar-refractivity contribution in [1.82, 2.24) is 9.78 Å². The summed E-state index contributed by atoms with van der Waals surface area (Å²) >= 11 is 0. The second kappa shape index (κ2) is 5.84. The van der Waals surface area contributed by atoms with Crippen molar-refractivity contribution in [3.8, 4) is 0 Å². The molecule has 0 bridgehead atoms. The Morgan fingerprint density at radius 2 is 2.21 bits per heavy atom. The monoisotopic (exact) mass is 265 g/mol. The highest BCUT2D eigenvalue weighted by Gasteiger charge is 2.38. The molecule has 0 aromatic carbocycles. The number of ether oxygens (including phenoxy) is 1. The van der Waals surface area contributed by atoms with Gasteiger partial charge >= 0.3 is 0 Å². The molecular weight excluding hydrogens is 242 g/mol. The van der Waals surface area contributed by atoms with Gasteiger partial charge in [0, 0.05) is 44.3 Å². The average molecular weight is 265 g/mol. The highest BCUT2D eigenvalue weighted by atomic mass is 16.5. The molecule has 1 aliphatic heterocycles. The fourth-order valence-electron chi connectivity index (χ4n) is 2.62. The molecule has 0 spiro atoms. The third-order valence-corrected chi connectivity index (χ3v) is 4.16. The lowest BCUT2D eigenvalue weighted by Gasteiger charge is -2.34. The van der Waals surface area contributed by atoms with Crippen LogP contribution in [0.4, 0.5) is 0 Å². The summed E-state index contributed by atoms with van der Waals surface area (Å²) in [7, 11) is 1.89. The number of carbonyl (C=O) groups is 1. The fourth-order valence-corrected chi connectivity index (χ4v) is 2.62. The molecule has 1 fully saturated rings. The van der Waals surface area contributed by atoms with E-state index in [0.29, 0.717) is 26.2 Å². The Kier molecular flexibility index (Phi) is 4.37. The molecule has 2 N–H and O–H groups in total. The number of aromatic nitrogens is 2. The van der Waals surface area contributed by atoms with Crippen LogP contribution in [-0.4, -0.2) is 35.3 Å². The first-order valence-corrected chi connectivity index (χ1v) is 6.94. The maximum atomic E-state index is 12.6. The smallest absolute Gasteiger partial charge is 0.146 e. The molecule has 5 heteroatoms. The van der Waals surface area contributed by atoms with E-state index in [0.717, 1.165) is 30.7 Å². The minimum absolute atomic E-state index is 0.226. The number of nitrogens with two attached hydrogens (primary N) is 1. The molecule has 0 unspecified atom stereocenters. The summed E-state index contributed by atoms with van der Waals surface area (Å²) in [5.74, 6) is 0.226. The Balaban J connectivity index is 2.12. The van der Waals surface area contributed by atoms with Crippen LogP contribution in [0.3, 0.4) is 0 Å². The van der Waals surface area contributed by atoms with Crippen LogP contribution in [0.5, 0.6) is 0 Å². The van der Waals surface area contributed by atoms with Crippen molar-refractivity contribution < 1.29 is 9.53 Å². The predicted octanol–water partition coefficient (Wildman–Crippen LogP) is 0.850. The maximum Gasteiger partial charge on any atom is 0.146 e. The number of Topliss-reactive ketones (excluding diaryl/α,β-unsaturated/α-hetero) is 1. The van der Waals surface area contributed by atoms with Crippen molar-refractivity contribution in [1.29, 1.82) is 0 Å². The van der Waals surface area contributed by atoms with Gasteiger partial charge in [0.2, 0.25) is 0 Å². The van der Waals surface area contributed by atoms with Crippen LogP contribution in [-0.2, 0) is 29.4 Å². The topological polar surface area (TPSA) is 70.1 Å².